The van der Waals surface area contributed by atoms with Gasteiger partial charge in [-0.1, -0.05) is 22.0 Å². The number of esters is 2. The van der Waals surface area contributed by atoms with Gasteiger partial charge in [-0.25, -0.2) is 0 Å². The number of anilines is 1. The molecule has 0 amide bonds. The van der Waals surface area contributed by atoms with Crippen molar-refractivity contribution in [3.63, 3.8) is 0 Å². The summed E-state index contributed by atoms with van der Waals surface area (Å²) in [7, 11) is 2.31. The van der Waals surface area contributed by atoms with Crippen molar-refractivity contribution >= 4 is 33.6 Å². The Kier molecular flexibility index (Phi) is 5.11. The highest BCUT2D eigenvalue weighted by Crippen LogP contribution is 2.29. The number of nitrogens with one attached hydrogen (secondary N) is 1. The van der Waals surface area contributed by atoms with E-state index in [1.807, 2.05) is 0 Å². The highest BCUT2D eigenvalue weighted by molar-refractivity contribution is 9.10. The number of hydrogen-bond donors (Lipinski definition) is 1. The first-order valence-electron chi connectivity index (χ1n) is 4.88. The maximum atomic E-state index is 11.6. The van der Waals surface area contributed by atoms with Crippen molar-refractivity contribution in [1.29, 1.82) is 0 Å². The molecule has 0 radical (unpaired) electrons. The van der Waals surface area contributed by atoms with Crippen LogP contribution in [0.15, 0.2) is 22.7 Å². The predicted octanol–water partition coefficient (Wildman–Crippen LogP) is 1.79. The predicted molar refractivity (Wildman–Crippen MR) is 67.9 cm³/mol. The van der Waals surface area contributed by atoms with Crippen molar-refractivity contribution in [2.45, 2.75) is 5.92 Å². The molecule has 18 heavy (non-hydrogen) atoms. The quantitative estimate of drug-likeness (QED) is 0.517. The van der Waals surface area contributed by atoms with Crippen molar-refractivity contribution in [1.82, 2.24) is 0 Å². The summed E-state index contributed by atoms with van der Waals surface area (Å²) in [6.07, 6.45) is 0. The molecule has 7 heteroatoms. The second-order valence-corrected chi connectivity index (χ2v) is 4.23. The van der Waals surface area contributed by atoms with Gasteiger partial charge >= 0.3 is 11.9 Å². The number of carbonyl (C=O) groups is 2. The van der Waals surface area contributed by atoms with Crippen LogP contribution in [0.1, 0.15) is 11.5 Å². The van der Waals surface area contributed by atoms with E-state index in [1.54, 1.807) is 11.5 Å². The highest BCUT2D eigenvalue weighted by atomic mass is 79.9. The average Bonchev–Trinajstić information content (AvgIpc) is 2.39. The molecule has 0 aliphatic carbocycles. The molecule has 0 spiro atoms. The maximum absolute atomic E-state index is 11.6. The average molecular weight is 317 g/mol. The van der Waals surface area contributed by atoms with Crippen LogP contribution in [-0.2, 0) is 19.1 Å². The SMILES string of the molecule is COC(=O)C(C(=O)OC)c1ccc(Br)cc1N[O-]. The second kappa shape index (κ2) is 6.36. The van der Waals surface area contributed by atoms with E-state index in [0.29, 0.717) is 4.47 Å². The third kappa shape index (κ3) is 2.99. The van der Waals surface area contributed by atoms with Gasteiger partial charge in [0, 0.05) is 10.2 Å². The Morgan fingerprint density at radius 2 is 1.83 bits per heavy atom. The lowest BCUT2D eigenvalue weighted by Gasteiger charge is -2.19. The molecule has 0 aliphatic rings. The highest BCUT2D eigenvalue weighted by Gasteiger charge is 2.32. The Morgan fingerprint density at radius 3 is 2.28 bits per heavy atom. The maximum Gasteiger partial charge on any atom is 0.324 e. The zero-order valence-corrected chi connectivity index (χ0v) is 11.3. The lowest BCUT2D eigenvalue weighted by Crippen LogP contribution is -2.25. The Labute approximate surface area is 112 Å². The molecule has 0 unspecified atom stereocenters. The summed E-state index contributed by atoms with van der Waals surface area (Å²) in [4.78, 5) is 23.2. The summed E-state index contributed by atoms with van der Waals surface area (Å²) in [6, 6.07) is 4.54. The Bertz CT molecular complexity index is 447. The summed E-state index contributed by atoms with van der Waals surface area (Å²) in [6.45, 7) is 0. The second-order valence-electron chi connectivity index (χ2n) is 3.31. The Morgan fingerprint density at radius 1 is 1.28 bits per heavy atom. The van der Waals surface area contributed by atoms with Crippen LogP contribution in [0, 0.1) is 5.21 Å². The van der Waals surface area contributed by atoms with Crippen molar-refractivity contribution in [2.75, 3.05) is 19.7 Å². The van der Waals surface area contributed by atoms with Gasteiger partial charge < -0.3 is 20.2 Å². The number of benzene rings is 1. The number of rotatable bonds is 4. The van der Waals surface area contributed by atoms with Crippen LogP contribution in [0.3, 0.4) is 0 Å². The molecule has 6 nitrogen and oxygen atoms in total. The molecular formula is C11H11BrNO5-. The van der Waals surface area contributed by atoms with E-state index in [1.165, 1.54) is 12.1 Å². The lowest BCUT2D eigenvalue weighted by atomic mass is 9.97. The van der Waals surface area contributed by atoms with Gasteiger partial charge in [-0.2, -0.15) is 0 Å². The molecule has 0 bridgehead atoms. The van der Waals surface area contributed by atoms with Crippen LogP contribution in [-0.4, -0.2) is 26.2 Å². The van der Waals surface area contributed by atoms with E-state index in [-0.39, 0.29) is 11.3 Å². The van der Waals surface area contributed by atoms with E-state index >= 15 is 0 Å². The summed E-state index contributed by atoms with van der Waals surface area (Å²) in [5.41, 5.74) is 1.98. The van der Waals surface area contributed by atoms with Crippen LogP contribution in [0.2, 0.25) is 0 Å². The number of ether oxygens (including phenoxy) is 2. The van der Waals surface area contributed by atoms with Crippen molar-refractivity contribution in [3.05, 3.63) is 33.4 Å². The molecule has 1 N–H and O–H groups in total. The van der Waals surface area contributed by atoms with E-state index in [0.717, 1.165) is 14.2 Å². The van der Waals surface area contributed by atoms with Crippen LogP contribution in [0.4, 0.5) is 5.69 Å². The fraction of sp³-hybridized carbons (Fsp3) is 0.273. The van der Waals surface area contributed by atoms with E-state index < -0.39 is 17.9 Å². The van der Waals surface area contributed by atoms with Gasteiger partial charge in [0.2, 0.25) is 0 Å². The number of carbonyl (C=O) groups excluding carboxylic acids is 2. The molecule has 0 fully saturated rings. The van der Waals surface area contributed by atoms with Crippen molar-refractivity contribution in [3.8, 4) is 0 Å². The van der Waals surface area contributed by atoms with E-state index in [9.17, 15) is 14.8 Å². The van der Waals surface area contributed by atoms with Gasteiger partial charge in [0.05, 0.1) is 14.2 Å². The summed E-state index contributed by atoms with van der Waals surface area (Å²) < 4.78 is 9.71. The van der Waals surface area contributed by atoms with Gasteiger partial charge in [0.25, 0.3) is 0 Å². The summed E-state index contributed by atoms with van der Waals surface area (Å²) in [5, 5.41) is 10.9. The molecule has 0 saturated heterocycles. The molecular weight excluding hydrogens is 306 g/mol. The van der Waals surface area contributed by atoms with Crippen molar-refractivity contribution in [2.24, 2.45) is 0 Å². The zero-order valence-electron chi connectivity index (χ0n) is 9.73. The minimum atomic E-state index is -1.29. The van der Waals surface area contributed by atoms with Crippen molar-refractivity contribution < 1.29 is 19.1 Å². The van der Waals surface area contributed by atoms with E-state index in [4.69, 9.17) is 0 Å². The minimum absolute atomic E-state index is 0.102. The number of methoxy groups -OCH3 is 2. The van der Waals surface area contributed by atoms with Gasteiger partial charge in [0.1, 0.15) is 0 Å². The first-order chi connectivity index (χ1) is 8.54. The topological polar surface area (TPSA) is 87.7 Å². The normalized spacial score (nSPS) is 10.1. The third-order valence-electron chi connectivity index (χ3n) is 2.31. The standard InChI is InChI=1S/C11H11BrNO5/c1-17-10(14)9(11(15)18-2)7-4-3-6(12)5-8(7)13-16/h3-5,9,13H,1-2H3/q-1. The number of halogens is 1. The van der Waals surface area contributed by atoms with Gasteiger partial charge in [0.15, 0.2) is 5.92 Å². The Hall–Kier alpha value is -1.60. The molecule has 0 saturated carbocycles. The van der Waals surface area contributed by atoms with Crippen LogP contribution in [0.25, 0.3) is 0 Å². The molecule has 0 aliphatic heterocycles. The molecule has 1 aromatic carbocycles. The smallest absolute Gasteiger partial charge is 0.324 e. The van der Waals surface area contributed by atoms with Gasteiger partial charge in [-0.15, -0.1) is 0 Å². The molecule has 1 aromatic rings. The van der Waals surface area contributed by atoms with Crippen LogP contribution in [0.5, 0.6) is 0 Å². The molecule has 0 heterocycles. The number of hydrogen-bond acceptors (Lipinski definition) is 6. The Balaban J connectivity index is 3.28. The molecule has 0 atom stereocenters. The molecule has 98 valence electrons. The first-order valence-corrected chi connectivity index (χ1v) is 5.67. The van der Waals surface area contributed by atoms with Gasteiger partial charge in [-0.05, 0) is 17.7 Å². The minimum Gasteiger partial charge on any atom is -0.761 e. The monoisotopic (exact) mass is 316 g/mol. The fourth-order valence-corrected chi connectivity index (χ4v) is 1.82. The van der Waals surface area contributed by atoms with Crippen LogP contribution >= 0.6 is 15.9 Å². The van der Waals surface area contributed by atoms with Crippen LogP contribution < -0.4 is 5.48 Å². The van der Waals surface area contributed by atoms with Gasteiger partial charge in [-0.3, -0.25) is 9.59 Å². The first kappa shape index (κ1) is 14.5. The molecule has 1 rings (SSSR count). The third-order valence-corrected chi connectivity index (χ3v) is 2.80. The summed E-state index contributed by atoms with van der Waals surface area (Å²) >= 11 is 3.18. The van der Waals surface area contributed by atoms with E-state index in [2.05, 4.69) is 25.4 Å². The fourth-order valence-electron chi connectivity index (χ4n) is 1.45. The summed E-state index contributed by atoms with van der Waals surface area (Å²) in [5.74, 6) is -2.87. The lowest BCUT2D eigenvalue weighted by molar-refractivity contribution is -0.154. The zero-order chi connectivity index (χ0) is 13.7. The molecule has 0 aromatic heterocycles. The largest absolute Gasteiger partial charge is 0.761 e.